The first kappa shape index (κ1) is 22.6. The Morgan fingerprint density at radius 1 is 1.06 bits per heavy atom. The van der Waals surface area contributed by atoms with E-state index in [1.54, 1.807) is 36.4 Å². The maximum atomic E-state index is 13.4. The van der Waals surface area contributed by atoms with Crippen LogP contribution in [0.15, 0.2) is 72.3 Å². The number of halogens is 1. The molecule has 0 unspecified atom stereocenters. The van der Waals surface area contributed by atoms with E-state index in [0.717, 1.165) is 5.56 Å². The number of rotatable bonds is 8. The minimum Gasteiger partial charge on any atom is -0.490 e. The van der Waals surface area contributed by atoms with Crippen LogP contribution in [0.4, 0.5) is 10.1 Å². The lowest BCUT2D eigenvalue weighted by Crippen LogP contribution is -2.14. The summed E-state index contributed by atoms with van der Waals surface area (Å²) in [7, 11) is 0. The monoisotopic (exact) mass is 430 g/mol. The zero-order chi connectivity index (χ0) is 22.9. The number of nitrogens with zero attached hydrogens (tertiary/aromatic N) is 1. The molecule has 0 heterocycles. The Labute approximate surface area is 186 Å². The largest absolute Gasteiger partial charge is 0.490 e. The van der Waals surface area contributed by atoms with Crippen molar-refractivity contribution in [1.82, 2.24) is 0 Å². The van der Waals surface area contributed by atoms with Crippen molar-refractivity contribution >= 4 is 17.7 Å². The highest BCUT2D eigenvalue weighted by atomic mass is 19.1. The molecule has 162 valence electrons. The highest BCUT2D eigenvalue weighted by Gasteiger charge is 2.12. The van der Waals surface area contributed by atoms with E-state index in [9.17, 15) is 14.4 Å². The smallest absolute Gasteiger partial charge is 0.266 e. The summed E-state index contributed by atoms with van der Waals surface area (Å²) in [6, 6.07) is 20.6. The Morgan fingerprint density at radius 3 is 2.59 bits per heavy atom. The summed E-state index contributed by atoms with van der Waals surface area (Å²) in [5.41, 5.74) is 2.81. The van der Waals surface area contributed by atoms with Crippen molar-refractivity contribution < 1.29 is 18.7 Å². The number of nitrogens with one attached hydrogen (secondary N) is 1. The normalized spacial score (nSPS) is 10.9. The second kappa shape index (κ2) is 10.8. The molecule has 5 nitrogen and oxygen atoms in total. The van der Waals surface area contributed by atoms with Gasteiger partial charge in [-0.3, -0.25) is 4.79 Å². The molecule has 3 aromatic carbocycles. The van der Waals surface area contributed by atoms with E-state index in [-0.39, 0.29) is 18.0 Å². The number of nitriles is 1. The number of aryl methyl sites for hydroxylation is 1. The molecule has 32 heavy (non-hydrogen) atoms. The zero-order valence-electron chi connectivity index (χ0n) is 17.9. The molecule has 1 amide bonds. The van der Waals surface area contributed by atoms with Crippen LogP contribution in [0.1, 0.15) is 23.6 Å². The molecule has 0 aromatic heterocycles. The van der Waals surface area contributed by atoms with Crippen molar-refractivity contribution in [2.24, 2.45) is 0 Å². The van der Waals surface area contributed by atoms with Gasteiger partial charge < -0.3 is 14.8 Å². The average molecular weight is 430 g/mol. The Morgan fingerprint density at radius 2 is 1.88 bits per heavy atom. The molecule has 0 bridgehead atoms. The SMILES string of the molecule is CCOc1cc(/C=C(/C#N)C(=O)Nc2ccccc2C)ccc1OCc1cccc(F)c1. The van der Waals surface area contributed by atoms with Crippen molar-refractivity contribution in [2.75, 3.05) is 11.9 Å². The number of hydrogen-bond acceptors (Lipinski definition) is 4. The molecule has 0 aliphatic heterocycles. The summed E-state index contributed by atoms with van der Waals surface area (Å²) in [5.74, 6) is 0.126. The molecule has 0 saturated heterocycles. The minimum atomic E-state index is -0.494. The van der Waals surface area contributed by atoms with E-state index >= 15 is 0 Å². The number of ether oxygens (including phenoxy) is 2. The van der Waals surface area contributed by atoms with Gasteiger partial charge in [-0.1, -0.05) is 36.4 Å². The third-order valence-electron chi connectivity index (χ3n) is 4.62. The summed E-state index contributed by atoms with van der Waals surface area (Å²) < 4.78 is 24.8. The van der Waals surface area contributed by atoms with E-state index in [4.69, 9.17) is 9.47 Å². The topological polar surface area (TPSA) is 71.3 Å². The predicted octanol–water partition coefficient (Wildman–Crippen LogP) is 5.66. The van der Waals surface area contributed by atoms with Crippen molar-refractivity contribution in [3.63, 3.8) is 0 Å². The highest BCUT2D eigenvalue weighted by Crippen LogP contribution is 2.30. The van der Waals surface area contributed by atoms with Gasteiger partial charge in [-0.05, 0) is 66.9 Å². The lowest BCUT2D eigenvalue weighted by atomic mass is 10.1. The van der Waals surface area contributed by atoms with Crippen LogP contribution in [0.2, 0.25) is 0 Å². The molecule has 0 aliphatic carbocycles. The second-order valence-electron chi connectivity index (χ2n) is 7.00. The van der Waals surface area contributed by atoms with Gasteiger partial charge in [0.25, 0.3) is 5.91 Å². The van der Waals surface area contributed by atoms with E-state index in [1.807, 2.05) is 38.1 Å². The molecule has 0 aliphatic rings. The van der Waals surface area contributed by atoms with Gasteiger partial charge in [0.15, 0.2) is 11.5 Å². The Kier molecular flexibility index (Phi) is 7.60. The first-order chi connectivity index (χ1) is 15.5. The number of anilines is 1. The van der Waals surface area contributed by atoms with Crippen LogP contribution >= 0.6 is 0 Å². The molecule has 0 radical (unpaired) electrons. The second-order valence-corrected chi connectivity index (χ2v) is 7.00. The van der Waals surface area contributed by atoms with Crippen molar-refractivity contribution in [2.45, 2.75) is 20.5 Å². The lowest BCUT2D eigenvalue weighted by molar-refractivity contribution is -0.112. The number of benzene rings is 3. The van der Waals surface area contributed by atoms with Crippen molar-refractivity contribution in [3.8, 4) is 17.6 Å². The number of carbonyl (C=O) groups is 1. The maximum Gasteiger partial charge on any atom is 0.266 e. The van der Waals surface area contributed by atoms with Gasteiger partial charge >= 0.3 is 0 Å². The predicted molar refractivity (Wildman–Crippen MR) is 122 cm³/mol. The summed E-state index contributed by atoms with van der Waals surface area (Å²) in [5, 5.41) is 12.3. The molecular formula is C26H23FN2O3. The van der Waals surface area contributed by atoms with E-state index < -0.39 is 5.91 Å². The Balaban J connectivity index is 1.79. The molecule has 1 N–H and O–H groups in total. The number of para-hydroxylation sites is 1. The molecule has 0 fully saturated rings. The summed E-state index contributed by atoms with van der Waals surface area (Å²) >= 11 is 0. The van der Waals surface area contributed by atoms with Gasteiger partial charge in [-0.25, -0.2) is 4.39 Å². The van der Waals surface area contributed by atoms with Gasteiger partial charge in [0.05, 0.1) is 6.61 Å². The van der Waals surface area contributed by atoms with E-state index in [0.29, 0.717) is 34.9 Å². The molecule has 0 atom stereocenters. The maximum absolute atomic E-state index is 13.4. The molecular weight excluding hydrogens is 407 g/mol. The average Bonchev–Trinajstić information content (AvgIpc) is 2.78. The summed E-state index contributed by atoms with van der Waals surface area (Å²) in [6.45, 7) is 4.30. The molecule has 3 aromatic rings. The summed E-state index contributed by atoms with van der Waals surface area (Å²) in [4.78, 5) is 12.6. The van der Waals surface area contributed by atoms with Crippen LogP contribution in [0.3, 0.4) is 0 Å². The molecule has 6 heteroatoms. The number of amides is 1. The fourth-order valence-electron chi connectivity index (χ4n) is 3.01. The fourth-order valence-corrected chi connectivity index (χ4v) is 3.01. The Bertz CT molecular complexity index is 1180. The third-order valence-corrected chi connectivity index (χ3v) is 4.62. The van der Waals surface area contributed by atoms with Gasteiger partial charge in [0.1, 0.15) is 24.1 Å². The fraction of sp³-hybridized carbons (Fsp3) is 0.154. The van der Waals surface area contributed by atoms with Crippen LogP contribution in [-0.4, -0.2) is 12.5 Å². The van der Waals surface area contributed by atoms with Gasteiger partial charge in [-0.2, -0.15) is 5.26 Å². The first-order valence-electron chi connectivity index (χ1n) is 10.1. The minimum absolute atomic E-state index is 0.0378. The van der Waals surface area contributed by atoms with E-state index in [2.05, 4.69) is 5.32 Å². The van der Waals surface area contributed by atoms with Crippen LogP contribution in [-0.2, 0) is 11.4 Å². The van der Waals surface area contributed by atoms with Gasteiger partial charge in [0.2, 0.25) is 0 Å². The number of carbonyl (C=O) groups excluding carboxylic acids is 1. The van der Waals surface area contributed by atoms with Crippen LogP contribution in [0.25, 0.3) is 6.08 Å². The Hall–Kier alpha value is -4.11. The van der Waals surface area contributed by atoms with E-state index in [1.165, 1.54) is 18.2 Å². The molecule has 3 rings (SSSR count). The quantitative estimate of drug-likeness (QED) is 0.370. The van der Waals surface area contributed by atoms with Gasteiger partial charge in [-0.15, -0.1) is 0 Å². The van der Waals surface area contributed by atoms with Crippen molar-refractivity contribution in [1.29, 1.82) is 5.26 Å². The van der Waals surface area contributed by atoms with Crippen LogP contribution < -0.4 is 14.8 Å². The third kappa shape index (κ3) is 5.96. The standard InChI is InChI=1S/C26H23FN2O3/c1-3-31-25-15-19(11-12-24(25)32-17-20-8-6-9-22(27)14-20)13-21(16-28)26(30)29-23-10-5-4-7-18(23)2/h4-15H,3,17H2,1-2H3,(H,29,30)/b21-13-. The summed E-state index contributed by atoms with van der Waals surface area (Å²) in [6.07, 6.45) is 1.49. The molecule has 0 spiro atoms. The van der Waals surface area contributed by atoms with Crippen LogP contribution in [0, 0.1) is 24.1 Å². The van der Waals surface area contributed by atoms with Gasteiger partial charge in [0, 0.05) is 5.69 Å². The first-order valence-corrected chi connectivity index (χ1v) is 10.1. The highest BCUT2D eigenvalue weighted by molar-refractivity contribution is 6.10. The zero-order valence-corrected chi connectivity index (χ0v) is 17.9. The lowest BCUT2D eigenvalue weighted by Gasteiger charge is -2.13. The number of hydrogen-bond donors (Lipinski definition) is 1. The molecule has 0 saturated carbocycles. The van der Waals surface area contributed by atoms with Crippen LogP contribution in [0.5, 0.6) is 11.5 Å². The van der Waals surface area contributed by atoms with Crippen molar-refractivity contribution in [3.05, 3.63) is 94.8 Å².